The Balaban J connectivity index is 1.78. The van der Waals surface area contributed by atoms with Gasteiger partial charge in [-0.05, 0) is 26.8 Å². The number of nitrogens with zero attached hydrogens (tertiary/aromatic N) is 4. The van der Waals surface area contributed by atoms with Gasteiger partial charge in [0, 0.05) is 50.7 Å². The molecule has 1 aliphatic rings. The van der Waals surface area contributed by atoms with Crippen molar-refractivity contribution >= 4 is 22.0 Å². The molecule has 0 bridgehead atoms. The molecule has 0 aromatic carbocycles. The lowest BCUT2D eigenvalue weighted by Gasteiger charge is -2.33. The van der Waals surface area contributed by atoms with Crippen molar-refractivity contribution in [1.82, 2.24) is 24.9 Å². The summed E-state index contributed by atoms with van der Waals surface area (Å²) in [5.41, 5.74) is -0.362. The Morgan fingerprint density at radius 2 is 1.76 bits per heavy atom. The molecule has 1 saturated heterocycles. The maximum atomic E-state index is 12.4. The highest BCUT2D eigenvalue weighted by Gasteiger charge is 2.27. The molecule has 9 nitrogen and oxygen atoms in total. The van der Waals surface area contributed by atoms with Crippen molar-refractivity contribution < 1.29 is 13.2 Å². The van der Waals surface area contributed by atoms with E-state index < -0.39 is 10.0 Å². The van der Waals surface area contributed by atoms with Crippen LogP contribution in [0.4, 0.5) is 10.7 Å². The number of anilines is 1. The van der Waals surface area contributed by atoms with Gasteiger partial charge in [0.05, 0.1) is 5.75 Å². The standard InChI is InChI=1S/C15H26N6O3S/c1-15(2,3)19-14(22)18-7-12-25(23,24)21-10-8-20(9-11-21)13-16-5-4-6-17-13/h4-6H,7-12H2,1-3H3,(H2,18,19,22). The van der Waals surface area contributed by atoms with E-state index in [1.165, 1.54) is 4.31 Å². The van der Waals surface area contributed by atoms with Crippen LogP contribution in [-0.2, 0) is 10.0 Å². The van der Waals surface area contributed by atoms with Crippen molar-refractivity contribution in [3.05, 3.63) is 18.5 Å². The largest absolute Gasteiger partial charge is 0.338 e. The van der Waals surface area contributed by atoms with Crippen LogP contribution in [0.2, 0.25) is 0 Å². The zero-order valence-corrected chi connectivity index (χ0v) is 15.7. The Morgan fingerprint density at radius 3 is 2.32 bits per heavy atom. The lowest BCUT2D eigenvalue weighted by Crippen LogP contribution is -2.51. The summed E-state index contributed by atoms with van der Waals surface area (Å²) in [5, 5.41) is 5.31. The highest BCUT2D eigenvalue weighted by molar-refractivity contribution is 7.89. The molecule has 25 heavy (non-hydrogen) atoms. The molecule has 1 aromatic heterocycles. The number of urea groups is 1. The van der Waals surface area contributed by atoms with E-state index in [-0.39, 0.29) is 23.9 Å². The van der Waals surface area contributed by atoms with E-state index in [0.29, 0.717) is 32.1 Å². The van der Waals surface area contributed by atoms with Crippen molar-refractivity contribution in [1.29, 1.82) is 0 Å². The van der Waals surface area contributed by atoms with Crippen LogP contribution in [-0.4, -0.2) is 72.7 Å². The predicted octanol–water partition coefficient (Wildman–Crippen LogP) is 0.0261. The molecule has 2 N–H and O–H groups in total. The first-order chi connectivity index (χ1) is 11.7. The van der Waals surface area contributed by atoms with Gasteiger partial charge in [0.2, 0.25) is 16.0 Å². The summed E-state index contributed by atoms with van der Waals surface area (Å²) in [6.07, 6.45) is 3.33. The van der Waals surface area contributed by atoms with E-state index in [1.807, 2.05) is 25.7 Å². The van der Waals surface area contributed by atoms with Gasteiger partial charge in [0.15, 0.2) is 0 Å². The minimum absolute atomic E-state index is 0.0757. The summed E-state index contributed by atoms with van der Waals surface area (Å²) in [6, 6.07) is 1.38. The number of amides is 2. The van der Waals surface area contributed by atoms with E-state index in [9.17, 15) is 13.2 Å². The Bertz CT molecular complexity index is 666. The highest BCUT2D eigenvalue weighted by atomic mass is 32.2. The third-order valence-electron chi connectivity index (χ3n) is 3.60. The van der Waals surface area contributed by atoms with E-state index in [0.717, 1.165) is 0 Å². The molecule has 0 unspecified atom stereocenters. The zero-order valence-electron chi connectivity index (χ0n) is 14.9. The number of hydrogen-bond donors (Lipinski definition) is 2. The van der Waals surface area contributed by atoms with Gasteiger partial charge in [-0.15, -0.1) is 0 Å². The lowest BCUT2D eigenvalue weighted by atomic mass is 10.1. The van der Waals surface area contributed by atoms with Crippen molar-refractivity contribution in [2.75, 3.05) is 43.4 Å². The van der Waals surface area contributed by atoms with Crippen LogP contribution in [0.5, 0.6) is 0 Å². The number of piperazine rings is 1. The van der Waals surface area contributed by atoms with E-state index in [1.54, 1.807) is 18.5 Å². The Kier molecular flexibility index (Phi) is 6.17. The quantitative estimate of drug-likeness (QED) is 0.757. The molecule has 2 heterocycles. The number of carbonyl (C=O) groups is 1. The number of sulfonamides is 1. The molecule has 0 spiro atoms. The maximum Gasteiger partial charge on any atom is 0.315 e. The smallest absolute Gasteiger partial charge is 0.315 e. The number of nitrogens with one attached hydrogen (secondary N) is 2. The highest BCUT2D eigenvalue weighted by Crippen LogP contribution is 2.12. The molecule has 140 valence electrons. The lowest BCUT2D eigenvalue weighted by molar-refractivity contribution is 0.232. The van der Waals surface area contributed by atoms with Gasteiger partial charge in [0.1, 0.15) is 0 Å². The monoisotopic (exact) mass is 370 g/mol. The molecule has 2 amide bonds. The van der Waals surface area contributed by atoms with Crippen LogP contribution in [0.1, 0.15) is 20.8 Å². The van der Waals surface area contributed by atoms with Crippen LogP contribution < -0.4 is 15.5 Å². The summed E-state index contributed by atoms with van der Waals surface area (Å²) in [5.74, 6) is 0.493. The van der Waals surface area contributed by atoms with Crippen LogP contribution in [0.3, 0.4) is 0 Å². The summed E-state index contributed by atoms with van der Waals surface area (Å²) in [4.78, 5) is 22.0. The number of aromatic nitrogens is 2. The average Bonchev–Trinajstić information content (AvgIpc) is 2.54. The van der Waals surface area contributed by atoms with Gasteiger partial charge in [-0.3, -0.25) is 0 Å². The van der Waals surface area contributed by atoms with Crippen LogP contribution in [0.25, 0.3) is 0 Å². The average molecular weight is 370 g/mol. The van der Waals surface area contributed by atoms with E-state index >= 15 is 0 Å². The first-order valence-corrected chi connectivity index (χ1v) is 9.84. The van der Waals surface area contributed by atoms with E-state index in [2.05, 4.69) is 20.6 Å². The zero-order chi connectivity index (χ0) is 18.5. The second-order valence-electron chi connectivity index (χ2n) is 6.88. The SMILES string of the molecule is CC(C)(C)NC(=O)NCCS(=O)(=O)N1CCN(c2ncccn2)CC1. The number of carbonyl (C=O) groups excluding carboxylic acids is 1. The third-order valence-corrected chi connectivity index (χ3v) is 5.47. The Labute approximate surface area is 148 Å². The topological polar surface area (TPSA) is 108 Å². The number of rotatable bonds is 5. The van der Waals surface area contributed by atoms with Gasteiger partial charge in [-0.2, -0.15) is 4.31 Å². The van der Waals surface area contributed by atoms with Gasteiger partial charge in [-0.25, -0.2) is 23.2 Å². The summed E-state index contributed by atoms with van der Waals surface area (Å²) in [7, 11) is -3.40. The van der Waals surface area contributed by atoms with Crippen LogP contribution in [0, 0.1) is 0 Å². The molecular formula is C15H26N6O3S. The van der Waals surface area contributed by atoms with Gasteiger partial charge in [0.25, 0.3) is 0 Å². The minimum atomic E-state index is -3.40. The fourth-order valence-electron chi connectivity index (χ4n) is 2.43. The molecule has 1 aliphatic heterocycles. The molecule has 2 rings (SSSR count). The molecule has 0 saturated carbocycles. The minimum Gasteiger partial charge on any atom is -0.338 e. The molecule has 1 aromatic rings. The van der Waals surface area contributed by atoms with E-state index in [4.69, 9.17) is 0 Å². The summed E-state index contributed by atoms with van der Waals surface area (Å²) in [6.45, 7) is 7.51. The molecule has 0 atom stereocenters. The van der Waals surface area contributed by atoms with Crippen LogP contribution in [0.15, 0.2) is 18.5 Å². The van der Waals surface area contributed by atoms with Gasteiger partial charge >= 0.3 is 6.03 Å². The molecule has 0 aliphatic carbocycles. The Hall–Kier alpha value is -1.94. The van der Waals surface area contributed by atoms with Gasteiger partial charge < -0.3 is 15.5 Å². The Morgan fingerprint density at radius 1 is 1.16 bits per heavy atom. The van der Waals surface area contributed by atoms with Crippen molar-refractivity contribution in [3.63, 3.8) is 0 Å². The molecular weight excluding hydrogens is 344 g/mol. The third kappa shape index (κ3) is 6.13. The predicted molar refractivity (Wildman–Crippen MR) is 95.9 cm³/mol. The first-order valence-electron chi connectivity index (χ1n) is 8.23. The molecule has 1 fully saturated rings. The fourth-order valence-corrected chi connectivity index (χ4v) is 3.77. The normalized spacial score (nSPS) is 16.5. The van der Waals surface area contributed by atoms with Crippen LogP contribution >= 0.6 is 0 Å². The van der Waals surface area contributed by atoms with Crippen molar-refractivity contribution in [3.8, 4) is 0 Å². The second-order valence-corrected chi connectivity index (χ2v) is 8.97. The maximum absolute atomic E-state index is 12.4. The van der Waals surface area contributed by atoms with Crippen molar-refractivity contribution in [2.24, 2.45) is 0 Å². The first kappa shape index (κ1) is 19.4. The second kappa shape index (κ2) is 7.96. The van der Waals surface area contributed by atoms with Crippen molar-refractivity contribution in [2.45, 2.75) is 26.3 Å². The molecule has 10 heteroatoms. The number of hydrogen-bond acceptors (Lipinski definition) is 6. The van der Waals surface area contributed by atoms with Gasteiger partial charge in [-0.1, -0.05) is 0 Å². The summed E-state index contributed by atoms with van der Waals surface area (Å²) >= 11 is 0. The summed E-state index contributed by atoms with van der Waals surface area (Å²) < 4.78 is 26.3. The molecule has 0 radical (unpaired) electrons. The fraction of sp³-hybridized carbons (Fsp3) is 0.667.